The van der Waals surface area contributed by atoms with Gasteiger partial charge in [-0.25, -0.2) is 4.99 Å². The first kappa shape index (κ1) is 21.6. The van der Waals surface area contributed by atoms with Crippen LogP contribution in [0.2, 0.25) is 0 Å². The van der Waals surface area contributed by atoms with Crippen LogP contribution >= 0.6 is 0 Å². The maximum absolute atomic E-state index is 12.2. The molecule has 28 heavy (non-hydrogen) atoms. The van der Waals surface area contributed by atoms with E-state index in [0.717, 1.165) is 17.0 Å². The number of alkyl halides is 2. The summed E-state index contributed by atoms with van der Waals surface area (Å²) in [5.74, 6) is 0.623. The number of aliphatic imine (C=N–C) groups is 1. The summed E-state index contributed by atoms with van der Waals surface area (Å²) in [6, 6.07) is 5.91. The minimum absolute atomic E-state index is 0.0519. The lowest BCUT2D eigenvalue weighted by Gasteiger charge is -2.16. The molecule has 0 bridgehead atoms. The second kappa shape index (κ2) is 10.0. The number of aliphatic hydroxyl groups is 1. The van der Waals surface area contributed by atoms with Crippen LogP contribution in [0.1, 0.15) is 35.5 Å². The van der Waals surface area contributed by atoms with Gasteiger partial charge in [-0.3, -0.25) is 4.68 Å². The van der Waals surface area contributed by atoms with Gasteiger partial charge < -0.3 is 20.5 Å². The van der Waals surface area contributed by atoms with Crippen LogP contribution in [0.3, 0.4) is 0 Å². The summed E-state index contributed by atoms with van der Waals surface area (Å²) in [6.45, 7) is 4.38. The molecule has 1 heterocycles. The van der Waals surface area contributed by atoms with E-state index in [1.54, 1.807) is 12.1 Å². The number of aryl methyl sites for hydroxylation is 2. The Labute approximate surface area is 163 Å². The summed E-state index contributed by atoms with van der Waals surface area (Å²) in [5.41, 5.74) is 3.65. The molecule has 0 radical (unpaired) electrons. The standard InChI is InChI=1S/C19H27F2N5O2/c1-5-22-19(23-10-16-12(2)25-26(4)13(16)3)24-11-17(27)14-6-8-15(9-7-14)28-18(20)21/h6-9,17-18,27H,5,10-11H2,1-4H3,(H2,22,23,24). The second-order valence-corrected chi connectivity index (χ2v) is 6.31. The molecular formula is C19H27F2N5O2. The molecule has 0 amide bonds. The van der Waals surface area contributed by atoms with Gasteiger partial charge in [-0.2, -0.15) is 13.9 Å². The van der Waals surface area contributed by atoms with Crippen molar-refractivity contribution in [1.29, 1.82) is 0 Å². The van der Waals surface area contributed by atoms with Gasteiger partial charge in [0.15, 0.2) is 5.96 Å². The average molecular weight is 395 g/mol. The zero-order chi connectivity index (χ0) is 20.7. The molecule has 0 aliphatic carbocycles. The average Bonchev–Trinajstić information content (AvgIpc) is 2.89. The Morgan fingerprint density at radius 2 is 1.93 bits per heavy atom. The summed E-state index contributed by atoms with van der Waals surface area (Å²) in [4.78, 5) is 4.56. The van der Waals surface area contributed by atoms with Crippen molar-refractivity contribution < 1.29 is 18.6 Å². The van der Waals surface area contributed by atoms with Crippen molar-refractivity contribution in [2.24, 2.45) is 12.0 Å². The number of nitrogens with one attached hydrogen (secondary N) is 2. The van der Waals surface area contributed by atoms with Gasteiger partial charge in [0.1, 0.15) is 5.75 Å². The first-order valence-electron chi connectivity index (χ1n) is 9.05. The van der Waals surface area contributed by atoms with Gasteiger partial charge in [0.2, 0.25) is 0 Å². The summed E-state index contributed by atoms with van der Waals surface area (Å²) in [5, 5.41) is 20.9. The fourth-order valence-electron chi connectivity index (χ4n) is 2.73. The lowest BCUT2D eigenvalue weighted by Crippen LogP contribution is -2.39. The fraction of sp³-hybridized carbons (Fsp3) is 0.474. The SMILES string of the molecule is CCNC(=NCc1c(C)nn(C)c1C)NCC(O)c1ccc(OC(F)F)cc1. The molecule has 1 aromatic carbocycles. The molecule has 0 fully saturated rings. The Hall–Kier alpha value is -2.68. The van der Waals surface area contributed by atoms with Crippen molar-refractivity contribution in [2.75, 3.05) is 13.1 Å². The van der Waals surface area contributed by atoms with Crippen molar-refractivity contribution in [2.45, 2.75) is 40.0 Å². The van der Waals surface area contributed by atoms with Crippen molar-refractivity contribution in [3.8, 4) is 5.75 Å². The Bertz CT molecular complexity index is 790. The summed E-state index contributed by atoms with van der Waals surface area (Å²) >= 11 is 0. The highest BCUT2D eigenvalue weighted by molar-refractivity contribution is 5.79. The van der Waals surface area contributed by atoms with E-state index in [2.05, 4.69) is 25.5 Å². The molecule has 7 nitrogen and oxygen atoms in total. The number of guanidine groups is 1. The zero-order valence-electron chi connectivity index (χ0n) is 16.5. The van der Waals surface area contributed by atoms with Gasteiger partial charge in [0, 0.05) is 31.4 Å². The van der Waals surface area contributed by atoms with Crippen LogP contribution in [0.15, 0.2) is 29.3 Å². The number of nitrogens with zero attached hydrogens (tertiary/aromatic N) is 3. The smallest absolute Gasteiger partial charge is 0.387 e. The molecule has 0 aliphatic heterocycles. The number of aliphatic hydroxyl groups excluding tert-OH is 1. The summed E-state index contributed by atoms with van der Waals surface area (Å²) in [7, 11) is 1.90. The summed E-state index contributed by atoms with van der Waals surface area (Å²) < 4.78 is 30.5. The maximum atomic E-state index is 12.2. The highest BCUT2D eigenvalue weighted by Gasteiger charge is 2.12. The van der Waals surface area contributed by atoms with E-state index in [1.165, 1.54) is 12.1 Å². The molecule has 154 valence electrons. The van der Waals surface area contributed by atoms with Gasteiger partial charge in [0.25, 0.3) is 0 Å². The topological polar surface area (TPSA) is 83.7 Å². The van der Waals surface area contributed by atoms with Gasteiger partial charge in [-0.1, -0.05) is 12.1 Å². The zero-order valence-corrected chi connectivity index (χ0v) is 16.5. The number of benzene rings is 1. The third kappa shape index (κ3) is 5.91. The first-order valence-corrected chi connectivity index (χ1v) is 9.05. The molecule has 2 rings (SSSR count). The molecule has 0 saturated heterocycles. The van der Waals surface area contributed by atoms with Gasteiger partial charge in [-0.15, -0.1) is 0 Å². The van der Waals surface area contributed by atoms with Crippen LogP contribution in [-0.4, -0.2) is 40.5 Å². The maximum Gasteiger partial charge on any atom is 0.387 e. The van der Waals surface area contributed by atoms with Crippen LogP contribution in [0.25, 0.3) is 0 Å². The van der Waals surface area contributed by atoms with Crippen LogP contribution < -0.4 is 15.4 Å². The molecule has 0 aliphatic rings. The van der Waals surface area contributed by atoms with E-state index >= 15 is 0 Å². The molecule has 2 aromatic rings. The van der Waals surface area contributed by atoms with E-state index < -0.39 is 12.7 Å². The Morgan fingerprint density at radius 3 is 2.46 bits per heavy atom. The fourth-order valence-corrected chi connectivity index (χ4v) is 2.73. The largest absolute Gasteiger partial charge is 0.435 e. The Balaban J connectivity index is 1.98. The second-order valence-electron chi connectivity index (χ2n) is 6.31. The van der Waals surface area contributed by atoms with E-state index in [9.17, 15) is 13.9 Å². The highest BCUT2D eigenvalue weighted by Crippen LogP contribution is 2.19. The first-order chi connectivity index (χ1) is 13.3. The van der Waals surface area contributed by atoms with E-state index in [1.807, 2.05) is 32.5 Å². The van der Waals surface area contributed by atoms with Crippen LogP contribution in [0.5, 0.6) is 5.75 Å². The number of ether oxygens (including phenoxy) is 1. The quantitative estimate of drug-likeness (QED) is 0.472. The van der Waals surface area contributed by atoms with Crippen LogP contribution in [-0.2, 0) is 13.6 Å². The third-order valence-corrected chi connectivity index (χ3v) is 4.35. The lowest BCUT2D eigenvalue weighted by atomic mass is 10.1. The van der Waals surface area contributed by atoms with Crippen molar-refractivity contribution >= 4 is 5.96 Å². The third-order valence-electron chi connectivity index (χ3n) is 4.35. The van der Waals surface area contributed by atoms with Crippen molar-refractivity contribution in [1.82, 2.24) is 20.4 Å². The van der Waals surface area contributed by atoms with Gasteiger partial charge in [0.05, 0.1) is 18.3 Å². The van der Waals surface area contributed by atoms with E-state index in [0.29, 0.717) is 24.6 Å². The number of halogens is 2. The predicted octanol–water partition coefficient (Wildman–Crippen LogP) is 2.43. The predicted molar refractivity (Wildman–Crippen MR) is 104 cm³/mol. The minimum Gasteiger partial charge on any atom is -0.435 e. The van der Waals surface area contributed by atoms with Gasteiger partial charge >= 0.3 is 6.61 Å². The van der Waals surface area contributed by atoms with Crippen molar-refractivity contribution in [3.63, 3.8) is 0 Å². The Kier molecular flexibility index (Phi) is 7.74. The molecular weight excluding hydrogens is 368 g/mol. The number of hydrogen-bond donors (Lipinski definition) is 3. The molecule has 1 atom stereocenters. The summed E-state index contributed by atoms with van der Waals surface area (Å²) in [6.07, 6.45) is -0.827. The highest BCUT2D eigenvalue weighted by atomic mass is 19.3. The lowest BCUT2D eigenvalue weighted by molar-refractivity contribution is -0.0498. The molecule has 1 aromatic heterocycles. The monoisotopic (exact) mass is 395 g/mol. The molecule has 0 spiro atoms. The number of rotatable bonds is 8. The van der Waals surface area contributed by atoms with Gasteiger partial charge in [-0.05, 0) is 38.5 Å². The molecule has 3 N–H and O–H groups in total. The molecule has 1 unspecified atom stereocenters. The van der Waals surface area contributed by atoms with Crippen LogP contribution in [0.4, 0.5) is 8.78 Å². The molecule has 0 saturated carbocycles. The van der Waals surface area contributed by atoms with Crippen molar-refractivity contribution in [3.05, 3.63) is 46.8 Å². The number of aromatic nitrogens is 2. The molecule has 9 heteroatoms. The Morgan fingerprint density at radius 1 is 1.25 bits per heavy atom. The minimum atomic E-state index is -2.87. The van der Waals surface area contributed by atoms with Crippen LogP contribution in [0, 0.1) is 13.8 Å². The van der Waals surface area contributed by atoms with E-state index in [4.69, 9.17) is 0 Å². The normalized spacial score (nSPS) is 12.9. The van der Waals surface area contributed by atoms with E-state index in [-0.39, 0.29) is 12.3 Å². The number of hydrogen-bond acceptors (Lipinski definition) is 4.